The lowest BCUT2D eigenvalue weighted by atomic mass is 10.4. The van der Waals surface area contributed by atoms with E-state index in [2.05, 4.69) is 4.98 Å². The number of nitrogens with zero attached hydrogens (tertiary/aromatic N) is 1. The van der Waals surface area contributed by atoms with Gasteiger partial charge in [-0.2, -0.15) is 0 Å². The van der Waals surface area contributed by atoms with Gasteiger partial charge in [-0.25, -0.2) is 4.98 Å². The van der Waals surface area contributed by atoms with E-state index in [1.54, 1.807) is 11.8 Å². The Morgan fingerprint density at radius 2 is 2.15 bits per heavy atom. The van der Waals surface area contributed by atoms with Crippen LogP contribution in [0.4, 0.5) is 5.69 Å². The van der Waals surface area contributed by atoms with Crippen molar-refractivity contribution in [2.75, 3.05) is 12.3 Å². The second-order valence-corrected chi connectivity index (χ2v) is 6.39. The average Bonchev–Trinajstić information content (AvgIpc) is 3.23. The first kappa shape index (κ1) is 13.6. The zero-order chi connectivity index (χ0) is 13.9. The molecule has 2 N–H and O–H groups in total. The Morgan fingerprint density at radius 1 is 1.30 bits per heavy atom. The van der Waals surface area contributed by atoms with E-state index in [9.17, 15) is 0 Å². The van der Waals surface area contributed by atoms with Gasteiger partial charge < -0.3 is 10.5 Å². The number of benzene rings is 1. The number of nitrogens with two attached hydrogens (primary N) is 1. The van der Waals surface area contributed by atoms with Crippen molar-refractivity contribution in [3.05, 3.63) is 41.4 Å². The Hall–Kier alpha value is -1.39. The smallest absolute Gasteiger partial charge is 0.238 e. The molecule has 1 aliphatic carbocycles. The van der Waals surface area contributed by atoms with Crippen LogP contribution < -0.4 is 10.5 Å². The number of nitrogen functional groups attached to an aromatic ring is 1. The van der Waals surface area contributed by atoms with E-state index in [4.69, 9.17) is 22.1 Å². The number of hydrogen-bond acceptors (Lipinski definition) is 4. The maximum atomic E-state index is 5.98. The van der Waals surface area contributed by atoms with Crippen LogP contribution in [-0.4, -0.2) is 11.6 Å². The van der Waals surface area contributed by atoms with Gasteiger partial charge in [-0.1, -0.05) is 29.4 Å². The van der Waals surface area contributed by atoms with Gasteiger partial charge in [0, 0.05) is 9.92 Å². The summed E-state index contributed by atoms with van der Waals surface area (Å²) in [5, 5.41) is 1.57. The molecule has 0 bridgehead atoms. The third-order valence-electron chi connectivity index (χ3n) is 3.04. The SMILES string of the molecule is Nc1ccc(Sc2cccc(Cl)c2)nc1OCC1CC1. The van der Waals surface area contributed by atoms with Crippen molar-refractivity contribution < 1.29 is 4.74 Å². The molecular weight excluding hydrogens is 292 g/mol. The van der Waals surface area contributed by atoms with Crippen LogP contribution in [0, 0.1) is 5.92 Å². The van der Waals surface area contributed by atoms with Gasteiger partial charge in [-0.05, 0) is 49.1 Å². The Balaban J connectivity index is 1.73. The Labute approximate surface area is 127 Å². The van der Waals surface area contributed by atoms with Gasteiger partial charge in [0.2, 0.25) is 5.88 Å². The van der Waals surface area contributed by atoms with Crippen molar-refractivity contribution in [2.24, 2.45) is 5.92 Å². The van der Waals surface area contributed by atoms with Gasteiger partial charge in [0.05, 0.1) is 12.3 Å². The number of hydrogen-bond donors (Lipinski definition) is 1. The summed E-state index contributed by atoms with van der Waals surface area (Å²) in [6.45, 7) is 0.711. The maximum Gasteiger partial charge on any atom is 0.238 e. The highest BCUT2D eigenvalue weighted by Gasteiger charge is 2.22. The van der Waals surface area contributed by atoms with Gasteiger partial charge in [0.15, 0.2) is 0 Å². The summed E-state index contributed by atoms with van der Waals surface area (Å²) in [7, 11) is 0. The predicted octanol–water partition coefficient (Wildman–Crippen LogP) is 4.26. The molecule has 3 nitrogen and oxygen atoms in total. The number of halogens is 1. The number of anilines is 1. The first-order valence-corrected chi connectivity index (χ1v) is 7.73. The molecule has 0 atom stereocenters. The van der Waals surface area contributed by atoms with Crippen LogP contribution in [0.25, 0.3) is 0 Å². The first-order valence-electron chi connectivity index (χ1n) is 6.53. The Kier molecular flexibility index (Phi) is 4.03. The Bertz CT molecular complexity index is 617. The summed E-state index contributed by atoms with van der Waals surface area (Å²) >= 11 is 7.52. The Morgan fingerprint density at radius 3 is 2.90 bits per heavy atom. The number of rotatable bonds is 5. The molecule has 0 amide bonds. The predicted molar refractivity (Wildman–Crippen MR) is 82.4 cm³/mol. The van der Waals surface area contributed by atoms with E-state index < -0.39 is 0 Å². The van der Waals surface area contributed by atoms with E-state index >= 15 is 0 Å². The van der Waals surface area contributed by atoms with Gasteiger partial charge in [0.1, 0.15) is 5.03 Å². The molecule has 0 saturated heterocycles. The lowest BCUT2D eigenvalue weighted by Crippen LogP contribution is -2.04. The van der Waals surface area contributed by atoms with E-state index in [1.807, 2.05) is 36.4 Å². The molecule has 1 fully saturated rings. The second-order valence-electron chi connectivity index (χ2n) is 4.86. The van der Waals surface area contributed by atoms with Crippen molar-refractivity contribution >= 4 is 29.1 Å². The van der Waals surface area contributed by atoms with Gasteiger partial charge in [-0.3, -0.25) is 0 Å². The van der Waals surface area contributed by atoms with Crippen molar-refractivity contribution in [1.29, 1.82) is 0 Å². The van der Waals surface area contributed by atoms with Crippen LogP contribution in [0.1, 0.15) is 12.8 Å². The number of aromatic nitrogens is 1. The lowest BCUT2D eigenvalue weighted by Gasteiger charge is -2.09. The van der Waals surface area contributed by atoms with Crippen LogP contribution in [0.3, 0.4) is 0 Å². The molecule has 104 valence electrons. The fourth-order valence-electron chi connectivity index (χ4n) is 1.74. The maximum absolute atomic E-state index is 5.98. The van der Waals surface area contributed by atoms with Crippen LogP contribution in [0.5, 0.6) is 5.88 Å². The second kappa shape index (κ2) is 5.94. The average molecular weight is 307 g/mol. The summed E-state index contributed by atoms with van der Waals surface area (Å²) < 4.78 is 5.69. The van der Waals surface area contributed by atoms with Crippen molar-refractivity contribution in [1.82, 2.24) is 4.98 Å². The minimum Gasteiger partial charge on any atom is -0.476 e. The highest BCUT2D eigenvalue weighted by atomic mass is 35.5. The van der Waals surface area contributed by atoms with E-state index in [0.717, 1.165) is 14.9 Å². The normalized spacial score (nSPS) is 14.2. The fourth-order valence-corrected chi connectivity index (χ4v) is 2.83. The van der Waals surface area contributed by atoms with E-state index in [0.29, 0.717) is 24.1 Å². The van der Waals surface area contributed by atoms with Gasteiger partial charge in [0.25, 0.3) is 0 Å². The molecule has 1 aromatic carbocycles. The standard InChI is InChI=1S/C15H15ClN2OS/c16-11-2-1-3-12(8-11)20-14-7-6-13(17)15(18-14)19-9-10-4-5-10/h1-3,6-8,10H,4-5,9,17H2. The highest BCUT2D eigenvalue weighted by molar-refractivity contribution is 7.99. The molecule has 0 unspecified atom stereocenters. The third-order valence-corrected chi connectivity index (χ3v) is 4.20. The fraction of sp³-hybridized carbons (Fsp3) is 0.267. The number of ether oxygens (including phenoxy) is 1. The molecule has 20 heavy (non-hydrogen) atoms. The largest absolute Gasteiger partial charge is 0.476 e. The molecule has 0 aliphatic heterocycles. The van der Waals surface area contributed by atoms with Crippen LogP contribution in [-0.2, 0) is 0 Å². The van der Waals surface area contributed by atoms with Gasteiger partial charge in [-0.15, -0.1) is 0 Å². The molecule has 1 heterocycles. The topological polar surface area (TPSA) is 48.1 Å². The molecule has 0 spiro atoms. The molecular formula is C15H15ClN2OS. The third kappa shape index (κ3) is 3.58. The van der Waals surface area contributed by atoms with Crippen LogP contribution >= 0.6 is 23.4 Å². The summed E-state index contributed by atoms with van der Waals surface area (Å²) in [4.78, 5) is 5.51. The molecule has 3 rings (SSSR count). The summed E-state index contributed by atoms with van der Waals surface area (Å²) in [6.07, 6.45) is 2.49. The van der Waals surface area contributed by atoms with Crippen LogP contribution in [0.15, 0.2) is 46.3 Å². The first-order chi connectivity index (χ1) is 9.70. The highest BCUT2D eigenvalue weighted by Crippen LogP contribution is 2.33. The van der Waals surface area contributed by atoms with E-state index in [-0.39, 0.29) is 0 Å². The minimum atomic E-state index is 0.531. The number of pyridine rings is 1. The monoisotopic (exact) mass is 306 g/mol. The molecule has 1 saturated carbocycles. The molecule has 5 heteroatoms. The van der Waals surface area contributed by atoms with E-state index in [1.165, 1.54) is 12.8 Å². The molecule has 0 radical (unpaired) electrons. The summed E-state index contributed by atoms with van der Waals surface area (Å²) in [5.41, 5.74) is 6.48. The summed E-state index contributed by atoms with van der Waals surface area (Å²) in [6, 6.07) is 11.4. The molecule has 1 aliphatic rings. The zero-order valence-electron chi connectivity index (χ0n) is 10.9. The van der Waals surface area contributed by atoms with Crippen molar-refractivity contribution in [3.63, 3.8) is 0 Å². The molecule has 1 aromatic heterocycles. The van der Waals surface area contributed by atoms with Gasteiger partial charge >= 0.3 is 0 Å². The zero-order valence-corrected chi connectivity index (χ0v) is 12.5. The van der Waals surface area contributed by atoms with Crippen molar-refractivity contribution in [2.45, 2.75) is 22.8 Å². The minimum absolute atomic E-state index is 0.531. The lowest BCUT2D eigenvalue weighted by molar-refractivity contribution is 0.288. The molecule has 2 aromatic rings. The quantitative estimate of drug-likeness (QED) is 0.896. The van der Waals surface area contributed by atoms with Crippen molar-refractivity contribution in [3.8, 4) is 5.88 Å². The summed E-state index contributed by atoms with van der Waals surface area (Å²) in [5.74, 6) is 1.21. The van der Waals surface area contributed by atoms with Crippen LogP contribution in [0.2, 0.25) is 5.02 Å².